The predicted molar refractivity (Wildman–Crippen MR) is 88.8 cm³/mol. The Labute approximate surface area is 132 Å². The molecule has 5 heteroatoms. The van der Waals surface area contributed by atoms with Crippen molar-refractivity contribution in [1.82, 2.24) is 9.21 Å². The number of morpholine rings is 1. The van der Waals surface area contributed by atoms with Crippen LogP contribution >= 0.6 is 11.9 Å². The Balaban J connectivity index is 1.55. The number of ether oxygens (including phenoxy) is 1. The van der Waals surface area contributed by atoms with Crippen LogP contribution < -0.4 is 5.32 Å². The predicted octanol–water partition coefficient (Wildman–Crippen LogP) is 2.53. The Morgan fingerprint density at radius 3 is 2.67 bits per heavy atom. The van der Waals surface area contributed by atoms with Gasteiger partial charge in [-0.3, -0.25) is 4.90 Å². The molecule has 2 aliphatic heterocycles. The molecule has 0 aliphatic carbocycles. The highest BCUT2D eigenvalue weighted by molar-refractivity contribution is 7.97. The molecular weight excluding hydrogens is 282 g/mol. The molecule has 0 aromatic heterocycles. The van der Waals surface area contributed by atoms with Gasteiger partial charge in [0.05, 0.1) is 13.2 Å². The summed E-state index contributed by atoms with van der Waals surface area (Å²) in [5.74, 6) is 0. The average Bonchev–Trinajstić information content (AvgIpc) is 2.96. The van der Waals surface area contributed by atoms with Gasteiger partial charge >= 0.3 is 0 Å². The minimum atomic E-state index is 0.678. The van der Waals surface area contributed by atoms with Gasteiger partial charge in [0, 0.05) is 49.9 Å². The topological polar surface area (TPSA) is 27.7 Å². The summed E-state index contributed by atoms with van der Waals surface area (Å²) >= 11 is 1.91. The molecule has 0 radical (unpaired) electrons. The third-order valence-corrected chi connectivity index (χ3v) is 5.46. The third-order valence-electron chi connectivity index (χ3n) is 4.26. The van der Waals surface area contributed by atoms with Crippen molar-refractivity contribution < 1.29 is 4.74 Å². The lowest BCUT2D eigenvalue weighted by Crippen LogP contribution is -2.43. The molecule has 0 saturated carbocycles. The highest BCUT2D eigenvalue weighted by Crippen LogP contribution is 2.32. The van der Waals surface area contributed by atoms with Gasteiger partial charge in [-0.05, 0) is 49.1 Å². The molecule has 2 aliphatic rings. The second-order valence-corrected chi connectivity index (χ2v) is 6.84. The summed E-state index contributed by atoms with van der Waals surface area (Å²) in [6, 6.07) is 9.39. The van der Waals surface area contributed by atoms with E-state index in [0.29, 0.717) is 6.04 Å². The monoisotopic (exact) mass is 307 g/mol. The van der Waals surface area contributed by atoms with Crippen molar-refractivity contribution in [1.29, 1.82) is 0 Å². The molecule has 0 bridgehead atoms. The zero-order valence-electron chi connectivity index (χ0n) is 12.8. The second-order valence-electron chi connectivity index (χ2n) is 5.72. The Morgan fingerprint density at radius 1 is 1.19 bits per heavy atom. The van der Waals surface area contributed by atoms with Crippen LogP contribution in [-0.4, -0.2) is 61.7 Å². The van der Waals surface area contributed by atoms with Crippen LogP contribution in [0, 0.1) is 0 Å². The van der Waals surface area contributed by atoms with Crippen LogP contribution in [-0.2, 0) is 4.74 Å². The third kappa shape index (κ3) is 4.13. The van der Waals surface area contributed by atoms with E-state index in [2.05, 4.69) is 38.8 Å². The van der Waals surface area contributed by atoms with Crippen LogP contribution in [0.2, 0.25) is 0 Å². The first-order valence-electron chi connectivity index (χ1n) is 7.88. The quantitative estimate of drug-likeness (QED) is 0.844. The normalized spacial score (nSPS) is 24.3. The zero-order chi connectivity index (χ0) is 14.5. The zero-order valence-corrected chi connectivity index (χ0v) is 13.6. The van der Waals surface area contributed by atoms with Crippen molar-refractivity contribution in [3.05, 3.63) is 24.3 Å². The van der Waals surface area contributed by atoms with Crippen LogP contribution in [0.5, 0.6) is 0 Å². The Morgan fingerprint density at radius 2 is 1.95 bits per heavy atom. The van der Waals surface area contributed by atoms with Crippen molar-refractivity contribution in [3.63, 3.8) is 0 Å². The highest BCUT2D eigenvalue weighted by atomic mass is 32.2. The number of benzene rings is 1. The summed E-state index contributed by atoms with van der Waals surface area (Å²) < 4.78 is 8.02. The maximum absolute atomic E-state index is 5.44. The van der Waals surface area contributed by atoms with E-state index in [0.717, 1.165) is 26.3 Å². The van der Waals surface area contributed by atoms with Crippen LogP contribution in [0.3, 0.4) is 0 Å². The SMILES string of the molecule is CNc1ccc(SN2CCCC2CN2CCOCC2)cc1. The van der Waals surface area contributed by atoms with E-state index in [1.807, 2.05) is 19.0 Å². The summed E-state index contributed by atoms with van der Waals surface area (Å²) in [5, 5.41) is 3.17. The van der Waals surface area contributed by atoms with Gasteiger partial charge in [-0.25, -0.2) is 4.31 Å². The Hall–Kier alpha value is -0.750. The van der Waals surface area contributed by atoms with Gasteiger partial charge < -0.3 is 10.1 Å². The van der Waals surface area contributed by atoms with E-state index in [1.54, 1.807) is 0 Å². The summed E-state index contributed by atoms with van der Waals surface area (Å²) in [4.78, 5) is 3.89. The molecule has 2 heterocycles. The summed E-state index contributed by atoms with van der Waals surface area (Å²) in [5.41, 5.74) is 1.17. The fraction of sp³-hybridized carbons (Fsp3) is 0.625. The van der Waals surface area contributed by atoms with Gasteiger partial charge in [0.15, 0.2) is 0 Å². The summed E-state index contributed by atoms with van der Waals surface area (Å²) in [6.45, 7) is 6.35. The van der Waals surface area contributed by atoms with Gasteiger partial charge in [-0.15, -0.1) is 0 Å². The lowest BCUT2D eigenvalue weighted by atomic mass is 10.2. The van der Waals surface area contributed by atoms with E-state index in [-0.39, 0.29) is 0 Å². The molecule has 3 rings (SSSR count). The molecule has 0 spiro atoms. The van der Waals surface area contributed by atoms with Crippen LogP contribution in [0.4, 0.5) is 5.69 Å². The number of nitrogens with zero attached hydrogens (tertiary/aromatic N) is 2. The standard InChI is InChI=1S/C16H25N3OS/c1-17-14-4-6-16(7-5-14)21-19-8-2-3-15(19)13-18-9-11-20-12-10-18/h4-7,15,17H,2-3,8-13H2,1H3. The van der Waals surface area contributed by atoms with E-state index in [9.17, 15) is 0 Å². The van der Waals surface area contributed by atoms with Gasteiger partial charge in [-0.2, -0.15) is 0 Å². The average molecular weight is 307 g/mol. The number of hydrogen-bond donors (Lipinski definition) is 1. The number of hydrogen-bond acceptors (Lipinski definition) is 5. The van der Waals surface area contributed by atoms with Gasteiger partial charge in [0.1, 0.15) is 0 Å². The van der Waals surface area contributed by atoms with E-state index >= 15 is 0 Å². The first kappa shape index (κ1) is 15.2. The van der Waals surface area contributed by atoms with E-state index < -0.39 is 0 Å². The lowest BCUT2D eigenvalue weighted by Gasteiger charge is -2.32. The van der Waals surface area contributed by atoms with Crippen LogP contribution in [0.15, 0.2) is 29.2 Å². The summed E-state index contributed by atoms with van der Waals surface area (Å²) in [6.07, 6.45) is 2.63. The molecule has 116 valence electrons. The van der Waals surface area contributed by atoms with Gasteiger partial charge in [-0.1, -0.05) is 0 Å². The molecule has 21 heavy (non-hydrogen) atoms. The first-order chi connectivity index (χ1) is 10.3. The van der Waals surface area contributed by atoms with Crippen molar-refractivity contribution in [2.75, 3.05) is 51.8 Å². The van der Waals surface area contributed by atoms with Crippen LogP contribution in [0.25, 0.3) is 0 Å². The van der Waals surface area contributed by atoms with Crippen LogP contribution in [0.1, 0.15) is 12.8 Å². The maximum atomic E-state index is 5.44. The smallest absolute Gasteiger partial charge is 0.0594 e. The molecule has 1 aromatic rings. The molecule has 1 unspecified atom stereocenters. The van der Waals surface area contributed by atoms with Crippen molar-refractivity contribution in [2.24, 2.45) is 0 Å². The summed E-state index contributed by atoms with van der Waals surface area (Å²) in [7, 11) is 1.96. The van der Waals surface area contributed by atoms with E-state index in [1.165, 1.54) is 36.5 Å². The lowest BCUT2D eigenvalue weighted by molar-refractivity contribution is 0.0316. The number of nitrogens with one attached hydrogen (secondary N) is 1. The van der Waals surface area contributed by atoms with Crippen molar-refractivity contribution in [2.45, 2.75) is 23.8 Å². The fourth-order valence-electron chi connectivity index (χ4n) is 3.01. The molecule has 2 fully saturated rings. The maximum Gasteiger partial charge on any atom is 0.0594 e. The largest absolute Gasteiger partial charge is 0.388 e. The molecule has 2 saturated heterocycles. The molecule has 0 amide bonds. The first-order valence-corrected chi connectivity index (χ1v) is 8.65. The van der Waals surface area contributed by atoms with Crippen molar-refractivity contribution in [3.8, 4) is 0 Å². The number of rotatable bonds is 5. The van der Waals surface area contributed by atoms with Gasteiger partial charge in [0.25, 0.3) is 0 Å². The Bertz CT molecular complexity index is 434. The highest BCUT2D eigenvalue weighted by Gasteiger charge is 2.27. The molecule has 4 nitrogen and oxygen atoms in total. The second kappa shape index (κ2) is 7.49. The molecular formula is C16H25N3OS. The van der Waals surface area contributed by atoms with E-state index in [4.69, 9.17) is 4.74 Å². The number of anilines is 1. The molecule has 1 aromatic carbocycles. The molecule has 1 N–H and O–H groups in total. The Kier molecular flexibility index (Phi) is 5.41. The fourth-order valence-corrected chi connectivity index (χ4v) is 4.08. The minimum Gasteiger partial charge on any atom is -0.388 e. The van der Waals surface area contributed by atoms with Crippen molar-refractivity contribution >= 4 is 17.6 Å². The van der Waals surface area contributed by atoms with Gasteiger partial charge in [0.2, 0.25) is 0 Å². The minimum absolute atomic E-state index is 0.678. The molecule has 1 atom stereocenters.